The summed E-state index contributed by atoms with van der Waals surface area (Å²) in [7, 11) is 0. The number of rotatable bonds is 2. The first-order valence-corrected chi connectivity index (χ1v) is 5.38. The van der Waals surface area contributed by atoms with Gasteiger partial charge in [0.1, 0.15) is 5.82 Å². The Bertz CT molecular complexity index is 516. The lowest BCUT2D eigenvalue weighted by Gasteiger charge is -2.08. The van der Waals surface area contributed by atoms with E-state index in [0.29, 0.717) is 16.0 Å². The maximum atomic E-state index is 13.0. The fourth-order valence-electron chi connectivity index (χ4n) is 1.23. The summed E-state index contributed by atoms with van der Waals surface area (Å²) in [6.07, 6.45) is 1.64. The van der Waals surface area contributed by atoms with Crippen LogP contribution in [0.1, 0.15) is 0 Å². The van der Waals surface area contributed by atoms with E-state index in [1.54, 1.807) is 30.5 Å². The topological polar surface area (TPSA) is 50.9 Å². The van der Waals surface area contributed by atoms with Crippen molar-refractivity contribution in [2.75, 3.05) is 11.1 Å². The van der Waals surface area contributed by atoms with Crippen molar-refractivity contribution in [1.82, 2.24) is 4.98 Å². The molecular weight excluding hydrogens is 273 g/mol. The molecule has 0 radical (unpaired) electrons. The van der Waals surface area contributed by atoms with E-state index < -0.39 is 0 Å². The third kappa shape index (κ3) is 2.30. The molecule has 1 heterocycles. The molecule has 3 N–H and O–H groups in total. The molecule has 1 aromatic heterocycles. The van der Waals surface area contributed by atoms with E-state index in [9.17, 15) is 4.39 Å². The number of benzene rings is 1. The second-order valence-electron chi connectivity index (χ2n) is 3.20. The maximum Gasteiger partial charge on any atom is 0.153 e. The van der Waals surface area contributed by atoms with Gasteiger partial charge >= 0.3 is 0 Å². The summed E-state index contributed by atoms with van der Waals surface area (Å²) < 4.78 is 13.4. The molecule has 0 aliphatic carbocycles. The summed E-state index contributed by atoms with van der Waals surface area (Å²) >= 11 is 3.11. The number of hydrogen-bond donors (Lipinski definition) is 2. The lowest BCUT2D eigenvalue weighted by Crippen LogP contribution is -1.98. The molecular formula is C11H9BrFN3. The second kappa shape index (κ2) is 4.49. The monoisotopic (exact) mass is 281 g/mol. The van der Waals surface area contributed by atoms with Crippen LogP contribution in [0.25, 0.3) is 0 Å². The van der Waals surface area contributed by atoms with Gasteiger partial charge in [-0.05, 0) is 46.3 Å². The van der Waals surface area contributed by atoms with Crippen LogP contribution in [0.4, 0.5) is 21.6 Å². The van der Waals surface area contributed by atoms with Crippen LogP contribution >= 0.6 is 15.9 Å². The molecule has 2 rings (SSSR count). The quantitative estimate of drug-likeness (QED) is 0.888. The largest absolute Gasteiger partial charge is 0.396 e. The third-order valence-electron chi connectivity index (χ3n) is 2.02. The predicted molar refractivity (Wildman–Crippen MR) is 66.0 cm³/mol. The summed E-state index contributed by atoms with van der Waals surface area (Å²) in [6, 6.07) is 8.11. The Morgan fingerprint density at radius 1 is 1.31 bits per heavy atom. The van der Waals surface area contributed by atoms with Crippen molar-refractivity contribution < 1.29 is 4.39 Å². The molecule has 16 heavy (non-hydrogen) atoms. The van der Waals surface area contributed by atoms with Gasteiger partial charge in [0.15, 0.2) is 5.82 Å². The van der Waals surface area contributed by atoms with Crippen LogP contribution in [0.2, 0.25) is 0 Å². The Morgan fingerprint density at radius 3 is 2.81 bits per heavy atom. The number of hydrogen-bond acceptors (Lipinski definition) is 3. The SMILES string of the molecule is Nc1cccnc1Nc1ccc(F)c(Br)c1. The summed E-state index contributed by atoms with van der Waals surface area (Å²) in [5.41, 5.74) is 6.99. The number of aromatic nitrogens is 1. The van der Waals surface area contributed by atoms with Crippen LogP contribution in [0.5, 0.6) is 0 Å². The van der Waals surface area contributed by atoms with Crippen LogP contribution in [-0.2, 0) is 0 Å². The molecule has 0 atom stereocenters. The van der Waals surface area contributed by atoms with Crippen LogP contribution in [0.15, 0.2) is 41.0 Å². The molecule has 0 fully saturated rings. The van der Waals surface area contributed by atoms with Crippen LogP contribution < -0.4 is 11.1 Å². The van der Waals surface area contributed by atoms with E-state index in [0.717, 1.165) is 5.69 Å². The smallest absolute Gasteiger partial charge is 0.153 e. The van der Waals surface area contributed by atoms with E-state index >= 15 is 0 Å². The number of nitrogens with two attached hydrogens (primary N) is 1. The molecule has 0 saturated heterocycles. The van der Waals surface area contributed by atoms with Crippen LogP contribution in [-0.4, -0.2) is 4.98 Å². The highest BCUT2D eigenvalue weighted by molar-refractivity contribution is 9.10. The van der Waals surface area contributed by atoms with Crippen molar-refractivity contribution in [2.24, 2.45) is 0 Å². The van der Waals surface area contributed by atoms with Crippen LogP contribution in [0, 0.1) is 5.82 Å². The van der Waals surface area contributed by atoms with Crippen molar-refractivity contribution in [3.8, 4) is 0 Å². The Hall–Kier alpha value is -1.62. The maximum absolute atomic E-state index is 13.0. The number of pyridine rings is 1. The van der Waals surface area contributed by atoms with E-state index in [2.05, 4.69) is 26.2 Å². The number of nitrogens with one attached hydrogen (secondary N) is 1. The van der Waals surface area contributed by atoms with Crippen molar-refractivity contribution in [2.45, 2.75) is 0 Å². The fraction of sp³-hybridized carbons (Fsp3) is 0. The van der Waals surface area contributed by atoms with E-state index in [-0.39, 0.29) is 5.82 Å². The first-order valence-electron chi connectivity index (χ1n) is 4.59. The minimum Gasteiger partial charge on any atom is -0.396 e. The molecule has 2 aromatic rings. The Balaban J connectivity index is 2.28. The lowest BCUT2D eigenvalue weighted by atomic mass is 10.3. The Kier molecular flexibility index (Phi) is 3.05. The van der Waals surface area contributed by atoms with Gasteiger partial charge in [-0.25, -0.2) is 9.37 Å². The first kappa shape index (κ1) is 10.9. The van der Waals surface area contributed by atoms with Crippen molar-refractivity contribution in [3.63, 3.8) is 0 Å². The zero-order valence-corrected chi connectivity index (χ0v) is 9.83. The highest BCUT2D eigenvalue weighted by atomic mass is 79.9. The zero-order chi connectivity index (χ0) is 11.5. The highest BCUT2D eigenvalue weighted by Crippen LogP contribution is 2.24. The summed E-state index contributed by atoms with van der Waals surface area (Å²) in [4.78, 5) is 4.08. The average Bonchev–Trinajstić information content (AvgIpc) is 2.27. The van der Waals surface area contributed by atoms with E-state index in [4.69, 9.17) is 5.73 Å². The lowest BCUT2D eigenvalue weighted by molar-refractivity contribution is 0.621. The molecule has 5 heteroatoms. The molecule has 0 unspecified atom stereocenters. The van der Waals surface area contributed by atoms with Gasteiger partial charge < -0.3 is 11.1 Å². The van der Waals surface area contributed by atoms with Gasteiger partial charge in [0, 0.05) is 11.9 Å². The number of nitrogen functional groups attached to an aromatic ring is 1. The molecule has 3 nitrogen and oxygen atoms in total. The average molecular weight is 282 g/mol. The summed E-state index contributed by atoms with van der Waals surface area (Å²) in [6.45, 7) is 0. The molecule has 0 amide bonds. The first-order chi connectivity index (χ1) is 7.66. The minimum atomic E-state index is -0.306. The van der Waals surface area contributed by atoms with Crippen molar-refractivity contribution in [3.05, 3.63) is 46.8 Å². The van der Waals surface area contributed by atoms with Gasteiger partial charge in [0.05, 0.1) is 10.2 Å². The molecule has 0 aliphatic rings. The minimum absolute atomic E-state index is 0.306. The normalized spacial score (nSPS) is 10.1. The predicted octanol–water partition coefficient (Wildman–Crippen LogP) is 3.31. The standard InChI is InChI=1S/C11H9BrFN3/c12-8-6-7(3-4-9(8)13)16-11-10(14)2-1-5-15-11/h1-6H,14H2,(H,15,16). The van der Waals surface area contributed by atoms with Gasteiger partial charge in [0.25, 0.3) is 0 Å². The summed E-state index contributed by atoms with van der Waals surface area (Å²) in [5.74, 6) is 0.251. The molecule has 0 bridgehead atoms. The third-order valence-corrected chi connectivity index (χ3v) is 2.63. The molecule has 0 aliphatic heterocycles. The zero-order valence-electron chi connectivity index (χ0n) is 8.24. The van der Waals surface area contributed by atoms with E-state index in [1.807, 2.05) is 0 Å². The van der Waals surface area contributed by atoms with Crippen LogP contribution in [0.3, 0.4) is 0 Å². The van der Waals surface area contributed by atoms with E-state index in [1.165, 1.54) is 6.07 Å². The molecule has 0 spiro atoms. The fourth-order valence-corrected chi connectivity index (χ4v) is 1.61. The second-order valence-corrected chi connectivity index (χ2v) is 4.05. The van der Waals surface area contributed by atoms with Gasteiger partial charge in [0.2, 0.25) is 0 Å². The number of nitrogens with zero attached hydrogens (tertiary/aromatic N) is 1. The molecule has 0 saturated carbocycles. The number of halogens is 2. The highest BCUT2D eigenvalue weighted by Gasteiger charge is 2.03. The van der Waals surface area contributed by atoms with Gasteiger partial charge in [-0.1, -0.05) is 0 Å². The molecule has 1 aromatic carbocycles. The molecule has 82 valence electrons. The van der Waals surface area contributed by atoms with Gasteiger partial charge in [-0.15, -0.1) is 0 Å². The summed E-state index contributed by atoms with van der Waals surface area (Å²) in [5, 5.41) is 3.01. The van der Waals surface area contributed by atoms with Crippen molar-refractivity contribution in [1.29, 1.82) is 0 Å². The van der Waals surface area contributed by atoms with Gasteiger partial charge in [-0.2, -0.15) is 0 Å². The number of anilines is 3. The van der Waals surface area contributed by atoms with Gasteiger partial charge in [-0.3, -0.25) is 0 Å². The Morgan fingerprint density at radius 2 is 2.12 bits per heavy atom. The van der Waals surface area contributed by atoms with Crippen molar-refractivity contribution >= 4 is 33.1 Å². The Labute approximate surface area is 101 Å².